The van der Waals surface area contributed by atoms with Crippen LogP contribution in [0.15, 0.2) is 53.5 Å². The number of carbonyl (C=O) groups is 2. The number of benzene rings is 2. The summed E-state index contributed by atoms with van der Waals surface area (Å²) in [6, 6.07) is 14.4. The molecule has 0 atom stereocenters. The topological polar surface area (TPSA) is 91.5 Å². The Labute approximate surface area is 150 Å². The smallest absolute Gasteiger partial charge is 0.330 e. The predicted octanol–water partition coefficient (Wildman–Crippen LogP) is 3.21. The minimum Gasteiger partial charge on any atom is -0.466 e. The number of hydrogen-bond donors (Lipinski definition) is 1. The van der Waals surface area contributed by atoms with Crippen LogP contribution in [0.25, 0.3) is 6.08 Å². The van der Waals surface area contributed by atoms with E-state index in [0.29, 0.717) is 22.6 Å². The number of ether oxygens (including phenoxy) is 1. The Bertz CT molecular complexity index is 984. The first-order valence-corrected chi connectivity index (χ1v) is 7.87. The molecule has 0 spiro atoms. The average molecular weight is 345 g/mol. The Morgan fingerprint density at radius 2 is 2.15 bits per heavy atom. The van der Waals surface area contributed by atoms with Gasteiger partial charge in [-0.15, -0.1) is 0 Å². The number of esters is 1. The number of methoxy groups -OCH3 is 1. The van der Waals surface area contributed by atoms with Gasteiger partial charge < -0.3 is 10.1 Å². The number of amides is 1. The third-order valence-electron chi connectivity index (χ3n) is 3.82. The molecular formula is C20H15N3O3. The van der Waals surface area contributed by atoms with E-state index < -0.39 is 5.97 Å². The van der Waals surface area contributed by atoms with E-state index in [1.165, 1.54) is 13.2 Å². The van der Waals surface area contributed by atoms with Crippen LogP contribution in [0, 0.1) is 11.3 Å². The number of aliphatic imine (C=N–C) groups is 1. The fourth-order valence-corrected chi connectivity index (χ4v) is 2.55. The second-order valence-corrected chi connectivity index (χ2v) is 5.61. The van der Waals surface area contributed by atoms with Gasteiger partial charge in [0.1, 0.15) is 0 Å². The molecule has 0 saturated heterocycles. The molecule has 1 amide bonds. The fourth-order valence-electron chi connectivity index (χ4n) is 2.55. The van der Waals surface area contributed by atoms with Crippen molar-refractivity contribution < 1.29 is 14.3 Å². The molecule has 2 aromatic rings. The van der Waals surface area contributed by atoms with Crippen LogP contribution in [-0.2, 0) is 14.3 Å². The minimum absolute atomic E-state index is 0.108. The van der Waals surface area contributed by atoms with Crippen LogP contribution < -0.4 is 5.32 Å². The van der Waals surface area contributed by atoms with Gasteiger partial charge in [0, 0.05) is 6.08 Å². The summed E-state index contributed by atoms with van der Waals surface area (Å²) in [4.78, 5) is 28.1. The van der Waals surface area contributed by atoms with Crippen LogP contribution in [0.4, 0.5) is 11.4 Å². The van der Waals surface area contributed by atoms with Crippen LogP contribution in [0.2, 0.25) is 0 Å². The summed E-state index contributed by atoms with van der Waals surface area (Å²) in [5, 5.41) is 11.9. The molecule has 1 N–H and O–H groups in total. The third-order valence-corrected chi connectivity index (χ3v) is 3.82. The summed E-state index contributed by atoms with van der Waals surface area (Å²) in [5.74, 6) is -0.652. The molecular weight excluding hydrogens is 330 g/mol. The van der Waals surface area contributed by atoms with Gasteiger partial charge in [-0.1, -0.05) is 18.2 Å². The molecule has 1 aliphatic heterocycles. The number of nitrogens with zero attached hydrogens (tertiary/aromatic N) is 2. The van der Waals surface area contributed by atoms with Crippen molar-refractivity contribution >= 4 is 35.0 Å². The second-order valence-electron chi connectivity index (χ2n) is 5.61. The number of fused-ring (bicyclic) bond motifs is 1. The first-order valence-electron chi connectivity index (χ1n) is 7.87. The first kappa shape index (κ1) is 17.1. The zero-order valence-corrected chi connectivity index (χ0v) is 14.0. The van der Waals surface area contributed by atoms with Gasteiger partial charge in [-0.2, -0.15) is 5.26 Å². The minimum atomic E-state index is -0.457. The SMILES string of the molecule is COC(=O)C=Cc1ccc2c(c1)NC(=O)CC(c1cccc(C#N)c1)=N2. The maximum Gasteiger partial charge on any atom is 0.330 e. The molecule has 3 rings (SSSR count). The molecule has 1 heterocycles. The molecule has 6 heteroatoms. The predicted molar refractivity (Wildman–Crippen MR) is 98.1 cm³/mol. The van der Waals surface area contributed by atoms with Gasteiger partial charge in [-0.3, -0.25) is 9.79 Å². The van der Waals surface area contributed by atoms with Gasteiger partial charge in [-0.25, -0.2) is 4.79 Å². The van der Waals surface area contributed by atoms with Crippen molar-refractivity contribution in [2.75, 3.05) is 12.4 Å². The van der Waals surface area contributed by atoms with Crippen molar-refractivity contribution in [3.05, 3.63) is 65.2 Å². The zero-order valence-electron chi connectivity index (χ0n) is 14.0. The first-order chi connectivity index (χ1) is 12.6. The molecule has 128 valence electrons. The average Bonchev–Trinajstić information content (AvgIpc) is 2.83. The van der Waals surface area contributed by atoms with E-state index in [-0.39, 0.29) is 12.3 Å². The van der Waals surface area contributed by atoms with Crippen molar-refractivity contribution in [3.8, 4) is 6.07 Å². The highest BCUT2D eigenvalue weighted by Gasteiger charge is 2.17. The van der Waals surface area contributed by atoms with Gasteiger partial charge in [0.25, 0.3) is 0 Å². The largest absolute Gasteiger partial charge is 0.466 e. The maximum atomic E-state index is 12.3. The highest BCUT2D eigenvalue weighted by Crippen LogP contribution is 2.30. The number of anilines is 1. The van der Waals surface area contributed by atoms with E-state index in [2.05, 4.69) is 21.1 Å². The summed E-state index contributed by atoms with van der Waals surface area (Å²) in [5.41, 5.74) is 3.76. The Kier molecular flexibility index (Phi) is 4.90. The second kappa shape index (κ2) is 7.45. The highest BCUT2D eigenvalue weighted by molar-refractivity contribution is 6.17. The van der Waals surface area contributed by atoms with Crippen molar-refractivity contribution in [2.45, 2.75) is 6.42 Å². The monoisotopic (exact) mass is 345 g/mol. The van der Waals surface area contributed by atoms with E-state index in [1.54, 1.807) is 42.5 Å². The standard InChI is InChI=1S/C20H15N3O3/c1-26-20(25)8-6-13-5-7-16-18(10-13)23-19(24)11-17(22-16)15-4-2-3-14(9-15)12-21/h2-10H,11H2,1H3,(H,23,24). The molecule has 0 bridgehead atoms. The van der Waals surface area contributed by atoms with Crippen molar-refractivity contribution in [1.82, 2.24) is 0 Å². The summed E-state index contributed by atoms with van der Waals surface area (Å²) in [7, 11) is 1.31. The third kappa shape index (κ3) is 3.84. The van der Waals surface area contributed by atoms with Crippen LogP contribution in [0.3, 0.4) is 0 Å². The van der Waals surface area contributed by atoms with Crippen molar-refractivity contribution in [1.29, 1.82) is 5.26 Å². The van der Waals surface area contributed by atoms with E-state index in [9.17, 15) is 9.59 Å². The van der Waals surface area contributed by atoms with E-state index in [1.807, 2.05) is 6.07 Å². The molecule has 2 aromatic carbocycles. The van der Waals surface area contributed by atoms with Gasteiger partial charge in [-0.05, 0) is 41.5 Å². The number of nitriles is 1. The lowest BCUT2D eigenvalue weighted by Crippen LogP contribution is -2.15. The summed E-state index contributed by atoms with van der Waals surface area (Å²) in [6.07, 6.45) is 3.02. The quantitative estimate of drug-likeness (QED) is 0.683. The fraction of sp³-hybridized carbons (Fsp3) is 0.100. The molecule has 6 nitrogen and oxygen atoms in total. The van der Waals surface area contributed by atoms with Crippen LogP contribution in [0.1, 0.15) is 23.1 Å². The number of nitrogens with one attached hydrogen (secondary N) is 1. The molecule has 0 unspecified atom stereocenters. The van der Waals surface area contributed by atoms with Crippen LogP contribution in [0.5, 0.6) is 0 Å². The van der Waals surface area contributed by atoms with Crippen molar-refractivity contribution in [3.63, 3.8) is 0 Å². The van der Waals surface area contributed by atoms with Crippen LogP contribution >= 0.6 is 0 Å². The van der Waals surface area contributed by atoms with Gasteiger partial charge >= 0.3 is 5.97 Å². The molecule has 0 aromatic heterocycles. The Balaban J connectivity index is 1.98. The summed E-state index contributed by atoms with van der Waals surface area (Å²) < 4.78 is 4.56. The molecule has 0 fully saturated rings. The molecule has 0 aliphatic carbocycles. The molecule has 26 heavy (non-hydrogen) atoms. The lowest BCUT2D eigenvalue weighted by Gasteiger charge is -2.05. The van der Waals surface area contributed by atoms with Crippen molar-refractivity contribution in [2.24, 2.45) is 4.99 Å². The maximum absolute atomic E-state index is 12.3. The van der Waals surface area contributed by atoms with E-state index in [4.69, 9.17) is 5.26 Å². The van der Waals surface area contributed by atoms with Gasteiger partial charge in [0.05, 0.1) is 42.2 Å². The Hall–Kier alpha value is -3.72. The molecule has 0 saturated carbocycles. The lowest BCUT2D eigenvalue weighted by molar-refractivity contribution is -0.134. The summed E-state index contributed by atoms with van der Waals surface area (Å²) in [6.45, 7) is 0. The highest BCUT2D eigenvalue weighted by atomic mass is 16.5. The normalized spacial score (nSPS) is 13.2. The Morgan fingerprint density at radius 3 is 2.92 bits per heavy atom. The van der Waals surface area contributed by atoms with E-state index >= 15 is 0 Å². The molecule has 0 radical (unpaired) electrons. The van der Waals surface area contributed by atoms with Gasteiger partial charge in [0.2, 0.25) is 5.91 Å². The Morgan fingerprint density at radius 1 is 1.31 bits per heavy atom. The zero-order chi connectivity index (χ0) is 18.5. The number of carbonyl (C=O) groups excluding carboxylic acids is 2. The van der Waals surface area contributed by atoms with E-state index in [0.717, 1.165) is 11.1 Å². The van der Waals surface area contributed by atoms with Gasteiger partial charge in [0.15, 0.2) is 0 Å². The lowest BCUT2D eigenvalue weighted by atomic mass is 10.0. The number of hydrogen-bond acceptors (Lipinski definition) is 5. The summed E-state index contributed by atoms with van der Waals surface area (Å²) >= 11 is 0. The number of rotatable bonds is 3. The van der Waals surface area contributed by atoms with Crippen LogP contribution in [-0.4, -0.2) is 24.7 Å². The molecule has 1 aliphatic rings.